The van der Waals surface area contributed by atoms with Crippen LogP contribution in [0.1, 0.15) is 0 Å². The van der Waals surface area contributed by atoms with E-state index in [-0.39, 0.29) is 0 Å². The molecule has 0 bridgehead atoms. The Kier molecular flexibility index (Phi) is 10.9. The molecule has 0 amide bonds. The van der Waals surface area contributed by atoms with Crippen LogP contribution in [0.2, 0.25) is 0 Å². The van der Waals surface area contributed by atoms with E-state index in [1.165, 1.54) is 86.5 Å². The van der Waals surface area contributed by atoms with E-state index in [0.29, 0.717) is 11.9 Å². The van der Waals surface area contributed by atoms with Crippen LogP contribution in [0.5, 0.6) is 0 Å². The topological polar surface area (TPSA) is 82.1 Å². The summed E-state index contributed by atoms with van der Waals surface area (Å²) < 4.78 is 6.97. The van der Waals surface area contributed by atoms with Crippen LogP contribution in [0.3, 0.4) is 0 Å². The zero-order chi connectivity index (χ0) is 59.0. The summed E-state index contributed by atoms with van der Waals surface area (Å²) >= 11 is 0. The number of nitrogens with one attached hydrogen (secondary N) is 1. The minimum absolute atomic E-state index is 0.656. The summed E-state index contributed by atoms with van der Waals surface area (Å²) in [6.45, 7) is 0. The highest BCUT2D eigenvalue weighted by Crippen LogP contribution is 2.48. The van der Waals surface area contributed by atoms with Crippen LogP contribution in [0.25, 0.3) is 181 Å². The van der Waals surface area contributed by atoms with E-state index in [2.05, 4.69) is 298 Å². The number of benzene rings is 14. The Balaban J connectivity index is 0.000000133. The largest absolute Gasteiger partial charge is 0.353 e. The second-order valence-electron chi connectivity index (χ2n) is 23.3. The first-order chi connectivity index (χ1) is 44.7. The summed E-state index contributed by atoms with van der Waals surface area (Å²) in [4.78, 5) is 24.7. The van der Waals surface area contributed by atoms with Gasteiger partial charge in [-0.15, -0.1) is 0 Å². The standard InChI is InChI=1S/C46H28N4.C36H22N4/c1-2-14-34(15-3-1)49-40-20-10-8-18-37(40)42-35-16-6-7-17-36(35)43-38-19-9-11-21-41(38)50(45(43)44(42)49)46-47-28-33-27-32(24-25-39(33)48-46)31-23-22-29-12-4-5-13-30(29)26-31;1-2-12-22(13-3-1)33-26-17-7-10-20-29(26)38-36(39-33)40-30-21-11-8-18-27(30)32-24-15-5-4-14-23(24)31-25-16-6-9-19-28(25)37-34(31)35(32)40/h1-28H;1-21,37H. The van der Waals surface area contributed by atoms with Crippen molar-refractivity contribution in [2.75, 3.05) is 0 Å². The molecule has 14 aromatic carbocycles. The fourth-order valence-electron chi connectivity index (χ4n) is 14.6. The molecule has 0 radical (unpaired) electrons. The molecule has 6 heterocycles. The van der Waals surface area contributed by atoms with Gasteiger partial charge in [-0.2, -0.15) is 0 Å². The lowest BCUT2D eigenvalue weighted by Crippen LogP contribution is -2.03. The van der Waals surface area contributed by atoms with Gasteiger partial charge in [-0.1, -0.05) is 231 Å². The van der Waals surface area contributed by atoms with Gasteiger partial charge in [0.2, 0.25) is 11.9 Å². The number of aromatic nitrogens is 8. The van der Waals surface area contributed by atoms with E-state index in [4.69, 9.17) is 19.9 Å². The maximum absolute atomic E-state index is 5.29. The molecule has 0 aliphatic rings. The number of aromatic amines is 1. The number of fused-ring (bicyclic) bond motifs is 23. The summed E-state index contributed by atoms with van der Waals surface area (Å²) in [6, 6.07) is 103. The molecule has 90 heavy (non-hydrogen) atoms. The van der Waals surface area contributed by atoms with E-state index in [1.54, 1.807) is 0 Å². The summed E-state index contributed by atoms with van der Waals surface area (Å²) in [5.41, 5.74) is 16.2. The van der Waals surface area contributed by atoms with Crippen LogP contribution in [-0.4, -0.2) is 38.6 Å². The molecule has 1 N–H and O–H groups in total. The molecule has 0 spiro atoms. The van der Waals surface area contributed by atoms with Gasteiger partial charge < -0.3 is 9.55 Å². The van der Waals surface area contributed by atoms with Crippen molar-refractivity contribution in [3.8, 4) is 40.0 Å². The molecule has 418 valence electrons. The highest BCUT2D eigenvalue weighted by Gasteiger charge is 2.27. The second-order valence-corrected chi connectivity index (χ2v) is 23.3. The average molecular weight is 1150 g/mol. The van der Waals surface area contributed by atoms with Crippen molar-refractivity contribution in [1.82, 2.24) is 38.6 Å². The lowest BCUT2D eigenvalue weighted by atomic mass is 9.98. The minimum atomic E-state index is 0.656. The number of nitrogens with zero attached hydrogens (tertiary/aromatic N) is 7. The molecular weight excluding hydrogens is 1100 g/mol. The monoisotopic (exact) mass is 1150 g/mol. The van der Waals surface area contributed by atoms with Gasteiger partial charge in [-0.05, 0) is 104 Å². The van der Waals surface area contributed by atoms with Crippen molar-refractivity contribution in [3.05, 3.63) is 297 Å². The first kappa shape index (κ1) is 49.9. The van der Waals surface area contributed by atoms with Gasteiger partial charge in [-0.25, -0.2) is 19.9 Å². The Morgan fingerprint density at radius 1 is 0.278 bits per heavy atom. The minimum Gasteiger partial charge on any atom is -0.353 e. The first-order valence-corrected chi connectivity index (χ1v) is 30.5. The van der Waals surface area contributed by atoms with Crippen molar-refractivity contribution < 1.29 is 0 Å². The Labute approximate surface area is 514 Å². The number of hydrogen-bond donors (Lipinski definition) is 1. The molecule has 8 heteroatoms. The Morgan fingerprint density at radius 2 is 0.744 bits per heavy atom. The average Bonchev–Trinajstić information content (AvgIpc) is 1.54. The molecule has 0 aliphatic heterocycles. The molecule has 0 saturated carbocycles. The summed E-state index contributed by atoms with van der Waals surface area (Å²) in [6.07, 6.45) is 1.98. The Bertz CT molecular complexity index is 6350. The van der Waals surface area contributed by atoms with Crippen LogP contribution >= 0.6 is 0 Å². The zero-order valence-corrected chi connectivity index (χ0v) is 48.4. The van der Waals surface area contributed by atoms with Crippen LogP contribution in [0.15, 0.2) is 297 Å². The number of para-hydroxylation sites is 6. The van der Waals surface area contributed by atoms with E-state index < -0.39 is 0 Å². The molecule has 0 unspecified atom stereocenters. The van der Waals surface area contributed by atoms with Gasteiger partial charge in [0.1, 0.15) is 0 Å². The van der Waals surface area contributed by atoms with Gasteiger partial charge >= 0.3 is 0 Å². The summed E-state index contributed by atoms with van der Waals surface area (Å²) in [5, 5.41) is 19.2. The van der Waals surface area contributed by atoms with E-state index >= 15 is 0 Å². The highest BCUT2D eigenvalue weighted by atomic mass is 15.2. The molecule has 0 fully saturated rings. The smallest absolute Gasteiger partial charge is 0.235 e. The molecule has 20 aromatic rings. The van der Waals surface area contributed by atoms with Crippen molar-refractivity contribution in [2.24, 2.45) is 0 Å². The molecule has 0 saturated heterocycles. The molecule has 0 atom stereocenters. The van der Waals surface area contributed by atoms with Crippen LogP contribution in [-0.2, 0) is 0 Å². The van der Waals surface area contributed by atoms with Crippen LogP contribution in [0.4, 0.5) is 0 Å². The fourth-order valence-corrected chi connectivity index (χ4v) is 14.6. The molecule has 20 rings (SSSR count). The zero-order valence-electron chi connectivity index (χ0n) is 48.4. The Morgan fingerprint density at radius 3 is 1.41 bits per heavy atom. The predicted octanol–water partition coefficient (Wildman–Crippen LogP) is 21.0. The third-order valence-corrected chi connectivity index (χ3v) is 18.4. The van der Waals surface area contributed by atoms with Crippen LogP contribution < -0.4 is 0 Å². The normalized spacial score (nSPS) is 12.0. The summed E-state index contributed by atoms with van der Waals surface area (Å²) in [5.74, 6) is 1.32. The SMILES string of the molecule is c1ccc(-c2nc(-n3c4ccccc4c4c5ccccc5c5c6ccccc6[nH]c5c43)nc3ccccc23)cc1.c1ccc(-n2c3ccccc3c3c4ccccc4c4c5ccccc5n(-c5ncc6cc(-c7ccc8ccccc8c7)ccc6n5)c4c32)cc1. The molecule has 0 aliphatic carbocycles. The predicted molar refractivity (Wildman–Crippen MR) is 375 cm³/mol. The van der Waals surface area contributed by atoms with Gasteiger partial charge in [0.05, 0.1) is 55.3 Å². The third kappa shape index (κ3) is 7.42. The third-order valence-electron chi connectivity index (χ3n) is 18.4. The highest BCUT2D eigenvalue weighted by molar-refractivity contribution is 6.37. The van der Waals surface area contributed by atoms with Crippen molar-refractivity contribution in [3.63, 3.8) is 0 Å². The Hall–Kier alpha value is -12.3. The van der Waals surface area contributed by atoms with Gasteiger partial charge in [0.25, 0.3) is 0 Å². The molecule has 8 nitrogen and oxygen atoms in total. The number of H-pyrrole nitrogens is 1. The van der Waals surface area contributed by atoms with E-state index in [9.17, 15) is 0 Å². The lowest BCUT2D eigenvalue weighted by molar-refractivity contribution is 1.01. The first-order valence-electron chi connectivity index (χ1n) is 30.5. The fraction of sp³-hybridized carbons (Fsp3) is 0. The van der Waals surface area contributed by atoms with Gasteiger partial charge in [-0.3, -0.25) is 9.13 Å². The second kappa shape index (κ2) is 19.6. The van der Waals surface area contributed by atoms with Gasteiger partial charge in [0, 0.05) is 76.8 Å². The van der Waals surface area contributed by atoms with Crippen molar-refractivity contribution in [2.45, 2.75) is 0 Å². The quantitative estimate of drug-likeness (QED) is 0.186. The number of rotatable bonds is 5. The van der Waals surface area contributed by atoms with Crippen molar-refractivity contribution in [1.29, 1.82) is 0 Å². The lowest BCUT2D eigenvalue weighted by Gasteiger charge is -2.13. The van der Waals surface area contributed by atoms with Crippen molar-refractivity contribution >= 4 is 141 Å². The summed E-state index contributed by atoms with van der Waals surface area (Å²) in [7, 11) is 0. The molecular formula is C82H50N8. The van der Waals surface area contributed by atoms with E-state index in [0.717, 1.165) is 82.9 Å². The maximum Gasteiger partial charge on any atom is 0.235 e. The maximum atomic E-state index is 5.29. The van der Waals surface area contributed by atoms with Crippen LogP contribution in [0, 0.1) is 0 Å². The van der Waals surface area contributed by atoms with Gasteiger partial charge in [0.15, 0.2) is 0 Å². The van der Waals surface area contributed by atoms with E-state index in [1.807, 2.05) is 18.3 Å². The molecule has 6 aromatic heterocycles. The number of hydrogen-bond acceptors (Lipinski definition) is 4.